The molecule has 11 heteroatoms. The number of ether oxygens (including phenoxy) is 2. The minimum Gasteiger partial charge on any atom is -0.444 e. The number of carbonyl (C=O) groups excluding carboxylic acids is 2. The number of likely N-dealkylation sites (tertiary alicyclic amines) is 1. The number of amides is 2. The molecule has 1 aliphatic heterocycles. The minimum absolute atomic E-state index is 0.0181. The summed E-state index contributed by atoms with van der Waals surface area (Å²) in [5.41, 5.74) is 0.166. The van der Waals surface area contributed by atoms with Gasteiger partial charge in [0.25, 0.3) is 0 Å². The number of hydrogen-bond acceptors (Lipinski definition) is 6. The summed E-state index contributed by atoms with van der Waals surface area (Å²) in [7, 11) is 1.53. The summed E-state index contributed by atoms with van der Waals surface area (Å²) >= 11 is -0.185. The molecule has 0 spiro atoms. The first kappa shape index (κ1) is 34.0. The number of halogens is 1. The Morgan fingerprint density at radius 3 is 2.36 bits per heavy atom. The molecule has 0 radical (unpaired) electrons. The van der Waals surface area contributed by atoms with Gasteiger partial charge >= 0.3 is 6.09 Å². The number of hydrogen-bond donors (Lipinski definition) is 2. The number of aryl methyl sites for hydroxylation is 1. The van der Waals surface area contributed by atoms with E-state index in [1.54, 1.807) is 39.1 Å². The first-order valence-electron chi connectivity index (χ1n) is 15.3. The monoisotopic (exact) mass is 630 g/mol. The van der Waals surface area contributed by atoms with Crippen molar-refractivity contribution in [2.45, 2.75) is 109 Å². The molecule has 1 aromatic carbocycles. The predicted octanol–water partition coefficient (Wildman–Crippen LogP) is 5.89. The van der Waals surface area contributed by atoms with Gasteiger partial charge in [0.05, 0.1) is 35.7 Å². The summed E-state index contributed by atoms with van der Waals surface area (Å²) < 4.78 is 41.5. The zero-order valence-corrected chi connectivity index (χ0v) is 28.0. The molecule has 1 saturated heterocycles. The maximum Gasteiger partial charge on any atom is 0.411 e. The molecule has 2 aromatic rings. The van der Waals surface area contributed by atoms with Crippen molar-refractivity contribution in [3.8, 4) is 0 Å². The van der Waals surface area contributed by atoms with Gasteiger partial charge in [-0.1, -0.05) is 18.9 Å². The van der Waals surface area contributed by atoms with Crippen LogP contribution in [0.25, 0.3) is 0 Å². The molecule has 3 atom stereocenters. The first-order chi connectivity index (χ1) is 20.6. The highest BCUT2D eigenvalue weighted by molar-refractivity contribution is 7.63. The molecule has 1 aromatic heterocycles. The number of benzene rings is 1. The lowest BCUT2D eigenvalue weighted by Crippen LogP contribution is -2.54. The highest BCUT2D eigenvalue weighted by Gasteiger charge is 2.47. The Morgan fingerprint density at radius 1 is 1.11 bits per heavy atom. The van der Waals surface area contributed by atoms with Crippen molar-refractivity contribution in [3.05, 3.63) is 59.2 Å². The van der Waals surface area contributed by atoms with Gasteiger partial charge < -0.3 is 14.8 Å². The maximum atomic E-state index is 15.5. The second-order valence-electron chi connectivity index (χ2n) is 14.0. The summed E-state index contributed by atoms with van der Waals surface area (Å²) in [6, 6.07) is 7.69. The smallest absolute Gasteiger partial charge is 0.411 e. The molecule has 1 N–H and O–H groups in total. The Morgan fingerprint density at radius 2 is 1.80 bits per heavy atom. The second kappa shape index (κ2) is 13.2. The van der Waals surface area contributed by atoms with Crippen LogP contribution < -0.4 is 5.32 Å². The summed E-state index contributed by atoms with van der Waals surface area (Å²) in [5, 5.41) is 2.76. The number of carbonyl (C=O) groups is 2. The number of thiol groups is 1. The van der Waals surface area contributed by atoms with Crippen molar-refractivity contribution in [1.82, 2.24) is 14.2 Å². The quantitative estimate of drug-likeness (QED) is 0.318. The largest absolute Gasteiger partial charge is 0.444 e. The number of anilines is 1. The van der Waals surface area contributed by atoms with Crippen molar-refractivity contribution in [2.24, 2.45) is 5.92 Å². The number of rotatable bonds is 10. The molecule has 9 nitrogen and oxygen atoms in total. The van der Waals surface area contributed by atoms with Crippen LogP contribution in [0.3, 0.4) is 0 Å². The minimum atomic E-state index is -0.915. The highest BCUT2D eigenvalue weighted by Crippen LogP contribution is 2.47. The molecular weight excluding hydrogens is 583 g/mol. The summed E-state index contributed by atoms with van der Waals surface area (Å²) in [5.74, 6) is -0.572. The first-order valence-corrected chi connectivity index (χ1v) is 16.1. The van der Waals surface area contributed by atoms with Gasteiger partial charge in [-0.3, -0.25) is 14.7 Å². The number of pyridine rings is 1. The average Bonchev–Trinajstić information content (AvgIpc) is 3.65. The number of methoxy groups -OCH3 is 1. The molecule has 0 bridgehead atoms. The second-order valence-corrected chi connectivity index (χ2v) is 14.6. The van der Waals surface area contributed by atoms with E-state index in [4.69, 9.17) is 9.47 Å². The van der Waals surface area contributed by atoms with Gasteiger partial charge in [-0.2, -0.15) is 0 Å². The van der Waals surface area contributed by atoms with Gasteiger partial charge in [-0.05, 0) is 103 Å². The van der Waals surface area contributed by atoms with Crippen molar-refractivity contribution in [3.63, 3.8) is 0 Å². The number of nitrogens with one attached hydrogen (secondary N) is 1. The lowest BCUT2D eigenvalue weighted by molar-refractivity contribution is -0.120. The van der Waals surface area contributed by atoms with Crippen molar-refractivity contribution >= 4 is 29.5 Å². The van der Waals surface area contributed by atoms with E-state index in [-0.39, 0.29) is 36.6 Å². The molecule has 2 aliphatic rings. The van der Waals surface area contributed by atoms with Crippen LogP contribution in [-0.2, 0) is 31.7 Å². The van der Waals surface area contributed by atoms with Crippen LogP contribution in [0.4, 0.5) is 14.9 Å². The zero-order chi connectivity index (χ0) is 32.4. The van der Waals surface area contributed by atoms with E-state index >= 15 is 4.39 Å². The van der Waals surface area contributed by atoms with Crippen molar-refractivity contribution < 1.29 is 27.7 Å². The van der Waals surface area contributed by atoms with Crippen LogP contribution in [-0.4, -0.2) is 67.3 Å². The van der Waals surface area contributed by atoms with E-state index < -0.39 is 40.5 Å². The Bertz CT molecular complexity index is 1370. The van der Waals surface area contributed by atoms with E-state index in [9.17, 15) is 13.8 Å². The van der Waals surface area contributed by atoms with Gasteiger partial charge in [0, 0.05) is 31.0 Å². The molecule has 242 valence electrons. The van der Waals surface area contributed by atoms with Crippen LogP contribution in [0, 0.1) is 18.7 Å². The Labute approximate surface area is 264 Å². The predicted molar refractivity (Wildman–Crippen MR) is 170 cm³/mol. The normalized spacial score (nSPS) is 20.5. The van der Waals surface area contributed by atoms with Crippen LogP contribution in [0.5, 0.6) is 0 Å². The van der Waals surface area contributed by atoms with Crippen LogP contribution in [0.15, 0.2) is 36.5 Å². The fourth-order valence-corrected chi connectivity index (χ4v) is 6.74. The Hall–Kier alpha value is -2.89. The third kappa shape index (κ3) is 7.66. The van der Waals surface area contributed by atoms with E-state index in [0.717, 1.165) is 30.5 Å². The summed E-state index contributed by atoms with van der Waals surface area (Å²) in [4.78, 5) is 32.5. The molecule has 1 aliphatic carbocycles. The SMILES string of the molecule is CO[C@@H]1C[C@H](C(=O)Nc2cc([C@](CCC3CC3)(c3ccnc(C)c3)N([SH]=O)C(C)(C)C)ccc2F)N(C(=O)OC(C)(C)C)C1. The Kier molecular flexibility index (Phi) is 10.2. The number of nitrogens with zero attached hydrogens (tertiary/aromatic N) is 3. The average molecular weight is 631 g/mol. The standard InChI is InChI=1S/C33H47FN4O5S/c1-21-17-24(14-16-35-21)33(15-13-22-9-10-22,38(44-41)31(2,3)4)23-11-12-26(34)27(18-23)36-29(39)28-19-25(42-8)20-37(28)30(40)43-32(5,6)7/h11-12,14,16-18,22,25,28,44H,9-10,13,15,19-20H2,1-8H3,(H,36,39)/t25-,28-,33-/m1/s1. The fraction of sp³-hybridized carbons (Fsp3) is 0.606. The van der Waals surface area contributed by atoms with Crippen LogP contribution >= 0.6 is 0 Å². The number of aromatic nitrogens is 1. The zero-order valence-electron chi connectivity index (χ0n) is 27.1. The van der Waals surface area contributed by atoms with Gasteiger partial charge in [0.2, 0.25) is 5.91 Å². The van der Waals surface area contributed by atoms with Gasteiger partial charge in [-0.25, -0.2) is 17.7 Å². The molecule has 2 fully saturated rings. The third-order valence-electron chi connectivity index (χ3n) is 8.29. The topological polar surface area (TPSA) is 101 Å². The van der Waals surface area contributed by atoms with Crippen molar-refractivity contribution in [2.75, 3.05) is 19.0 Å². The van der Waals surface area contributed by atoms with Gasteiger partial charge in [0.1, 0.15) is 17.5 Å². The van der Waals surface area contributed by atoms with E-state index in [2.05, 4.69) is 10.3 Å². The lowest BCUT2D eigenvalue weighted by atomic mass is 9.76. The van der Waals surface area contributed by atoms with E-state index in [0.29, 0.717) is 17.9 Å². The fourth-order valence-electron chi connectivity index (χ4n) is 6.03. The highest BCUT2D eigenvalue weighted by atomic mass is 32.2. The molecule has 4 rings (SSSR count). The van der Waals surface area contributed by atoms with E-state index in [1.807, 2.05) is 44.1 Å². The van der Waals surface area contributed by atoms with Gasteiger partial charge in [0.15, 0.2) is 0 Å². The van der Waals surface area contributed by atoms with Crippen LogP contribution in [0.1, 0.15) is 90.5 Å². The molecule has 2 amide bonds. The maximum absolute atomic E-state index is 15.5. The summed E-state index contributed by atoms with van der Waals surface area (Å²) in [6.45, 7) is 13.4. The van der Waals surface area contributed by atoms with Crippen LogP contribution in [0.2, 0.25) is 0 Å². The van der Waals surface area contributed by atoms with E-state index in [1.165, 1.54) is 18.1 Å². The Balaban J connectivity index is 1.77. The molecular formula is C33H47FN4O5S. The molecule has 2 heterocycles. The van der Waals surface area contributed by atoms with Crippen molar-refractivity contribution in [1.29, 1.82) is 0 Å². The lowest BCUT2D eigenvalue weighted by Gasteiger charge is -2.48. The summed E-state index contributed by atoms with van der Waals surface area (Å²) in [6.07, 6.45) is 4.83. The molecule has 1 saturated carbocycles. The third-order valence-corrected chi connectivity index (χ3v) is 9.40. The molecule has 0 unspecified atom stereocenters. The van der Waals surface area contributed by atoms with Gasteiger partial charge in [-0.15, -0.1) is 0 Å². The molecule has 44 heavy (non-hydrogen) atoms.